The first-order valence-corrected chi connectivity index (χ1v) is 5.47. The van der Waals surface area contributed by atoms with E-state index < -0.39 is 0 Å². The van der Waals surface area contributed by atoms with Gasteiger partial charge in [0.05, 0.1) is 0 Å². The number of rotatable bonds is 2. The maximum absolute atomic E-state index is 12.0. The lowest BCUT2D eigenvalue weighted by Gasteiger charge is -2.36. The van der Waals surface area contributed by atoms with Gasteiger partial charge in [-0.25, -0.2) is 0 Å². The Hall–Kier alpha value is -1.50. The van der Waals surface area contributed by atoms with Crippen LogP contribution in [0.25, 0.3) is 0 Å². The summed E-state index contributed by atoms with van der Waals surface area (Å²) in [7, 11) is 0. The van der Waals surface area contributed by atoms with E-state index in [1.54, 1.807) is 4.90 Å². The van der Waals surface area contributed by atoms with E-state index in [4.69, 9.17) is 5.73 Å². The van der Waals surface area contributed by atoms with Crippen LogP contribution < -0.4 is 5.73 Å². The van der Waals surface area contributed by atoms with Crippen molar-refractivity contribution in [3.63, 3.8) is 0 Å². The lowest BCUT2D eigenvalue weighted by Crippen LogP contribution is -2.47. The van der Waals surface area contributed by atoms with Gasteiger partial charge < -0.3 is 10.6 Å². The van der Waals surface area contributed by atoms with Crippen molar-refractivity contribution < 1.29 is 4.79 Å². The fraction of sp³-hybridized carbons (Fsp3) is 0.778. The monoisotopic (exact) mass is 224 g/mol. The number of amides is 1. The number of nitrogens with one attached hydrogen (secondary N) is 1. The first kappa shape index (κ1) is 11.0. The van der Waals surface area contributed by atoms with Gasteiger partial charge in [0.2, 0.25) is 0 Å². The van der Waals surface area contributed by atoms with Gasteiger partial charge >= 0.3 is 0 Å². The van der Waals surface area contributed by atoms with E-state index in [1.807, 2.05) is 6.92 Å². The molecular weight excluding hydrogens is 208 g/mol. The third-order valence-corrected chi connectivity index (χ3v) is 3.11. The number of aromatic amines is 1. The molecule has 88 valence electrons. The van der Waals surface area contributed by atoms with Crippen LogP contribution in [0.3, 0.4) is 0 Å². The van der Waals surface area contributed by atoms with Gasteiger partial charge in [0.25, 0.3) is 11.7 Å². The van der Waals surface area contributed by atoms with Crippen molar-refractivity contribution in [2.45, 2.75) is 25.8 Å². The largest absolute Gasteiger partial charge is 0.333 e. The van der Waals surface area contributed by atoms with Crippen LogP contribution in [0, 0.1) is 5.92 Å². The first-order valence-electron chi connectivity index (χ1n) is 5.47. The molecule has 16 heavy (non-hydrogen) atoms. The van der Waals surface area contributed by atoms with Crippen LogP contribution in [0.15, 0.2) is 0 Å². The van der Waals surface area contributed by atoms with Crippen molar-refractivity contribution in [3.8, 4) is 0 Å². The second-order valence-corrected chi connectivity index (χ2v) is 4.22. The number of nitrogens with zero attached hydrogens (tertiary/aromatic N) is 4. The Balaban J connectivity index is 2.09. The quantitative estimate of drug-likeness (QED) is 0.698. The summed E-state index contributed by atoms with van der Waals surface area (Å²) in [6.45, 7) is 3.33. The molecule has 1 aromatic rings. The van der Waals surface area contributed by atoms with Crippen molar-refractivity contribution in [1.29, 1.82) is 0 Å². The average molecular weight is 224 g/mol. The van der Waals surface area contributed by atoms with Crippen molar-refractivity contribution in [1.82, 2.24) is 25.5 Å². The number of carbonyl (C=O) groups is 1. The number of H-pyrrole nitrogens is 1. The molecule has 1 aliphatic rings. The smallest absolute Gasteiger partial charge is 0.295 e. The Kier molecular flexibility index (Phi) is 3.14. The average Bonchev–Trinajstić information content (AvgIpc) is 2.82. The lowest BCUT2D eigenvalue weighted by atomic mass is 9.93. The Morgan fingerprint density at radius 1 is 1.62 bits per heavy atom. The minimum absolute atomic E-state index is 0.129. The molecule has 3 N–H and O–H groups in total. The van der Waals surface area contributed by atoms with Gasteiger partial charge in [-0.3, -0.25) is 4.79 Å². The predicted molar refractivity (Wildman–Crippen MR) is 56.5 cm³/mol. The molecule has 0 bridgehead atoms. The van der Waals surface area contributed by atoms with Crippen LogP contribution in [0.2, 0.25) is 0 Å². The molecule has 0 aromatic carbocycles. The van der Waals surface area contributed by atoms with Crippen LogP contribution in [-0.2, 0) is 0 Å². The van der Waals surface area contributed by atoms with E-state index >= 15 is 0 Å². The number of piperidine rings is 1. The summed E-state index contributed by atoms with van der Waals surface area (Å²) in [6.07, 6.45) is 2.05. The van der Waals surface area contributed by atoms with Crippen LogP contribution in [0.5, 0.6) is 0 Å². The molecule has 2 heterocycles. The third-order valence-electron chi connectivity index (χ3n) is 3.11. The molecule has 1 fully saturated rings. The summed E-state index contributed by atoms with van der Waals surface area (Å²) in [6, 6.07) is 0.216. The SMILES string of the molecule is CC1CCC(CN)CN1C(=O)c1nn[nH]n1. The molecule has 7 nitrogen and oxygen atoms in total. The van der Waals surface area contributed by atoms with E-state index in [0.29, 0.717) is 19.0 Å². The van der Waals surface area contributed by atoms with Crippen LogP contribution in [0.1, 0.15) is 30.4 Å². The number of nitrogens with two attached hydrogens (primary N) is 1. The summed E-state index contributed by atoms with van der Waals surface area (Å²) in [5.74, 6) is 0.343. The van der Waals surface area contributed by atoms with E-state index in [0.717, 1.165) is 12.8 Å². The van der Waals surface area contributed by atoms with Crippen LogP contribution in [0.4, 0.5) is 0 Å². The molecule has 7 heteroatoms. The fourth-order valence-electron chi connectivity index (χ4n) is 2.04. The molecule has 2 atom stereocenters. The Morgan fingerprint density at radius 3 is 3.06 bits per heavy atom. The molecule has 0 saturated carbocycles. The second-order valence-electron chi connectivity index (χ2n) is 4.22. The highest BCUT2D eigenvalue weighted by atomic mass is 16.2. The predicted octanol–water partition coefficient (Wildman–Crippen LogP) is -0.601. The zero-order valence-corrected chi connectivity index (χ0v) is 9.26. The van der Waals surface area contributed by atoms with Crippen molar-refractivity contribution in [3.05, 3.63) is 5.82 Å². The molecule has 1 aliphatic heterocycles. The summed E-state index contributed by atoms with van der Waals surface area (Å²) < 4.78 is 0. The molecular formula is C9H16N6O. The van der Waals surface area contributed by atoms with Crippen molar-refractivity contribution >= 4 is 5.91 Å². The number of carbonyl (C=O) groups excluding carboxylic acids is 1. The van der Waals surface area contributed by atoms with Gasteiger partial charge in [-0.15, -0.1) is 10.2 Å². The zero-order chi connectivity index (χ0) is 11.5. The molecule has 1 amide bonds. The molecule has 1 aromatic heterocycles. The number of hydrogen-bond donors (Lipinski definition) is 2. The highest BCUT2D eigenvalue weighted by molar-refractivity contribution is 5.90. The van der Waals surface area contributed by atoms with Gasteiger partial charge in [-0.2, -0.15) is 5.21 Å². The highest BCUT2D eigenvalue weighted by Crippen LogP contribution is 2.22. The topological polar surface area (TPSA) is 101 Å². The van der Waals surface area contributed by atoms with Crippen LogP contribution in [-0.4, -0.2) is 50.6 Å². The summed E-state index contributed by atoms with van der Waals surface area (Å²) in [5.41, 5.74) is 5.64. The van der Waals surface area contributed by atoms with Gasteiger partial charge in [0.1, 0.15) is 0 Å². The summed E-state index contributed by atoms with van der Waals surface area (Å²) in [4.78, 5) is 13.8. The maximum Gasteiger partial charge on any atom is 0.295 e. The number of aromatic nitrogens is 4. The maximum atomic E-state index is 12.0. The molecule has 0 spiro atoms. The standard InChI is InChI=1S/C9H16N6O/c1-6-2-3-7(4-10)5-15(6)9(16)8-11-13-14-12-8/h6-7H,2-5,10H2,1H3,(H,11,12,13,14). The summed E-state index contributed by atoms with van der Waals surface area (Å²) in [5, 5.41) is 13.1. The molecule has 0 aliphatic carbocycles. The Labute approximate surface area is 93.4 Å². The van der Waals surface area contributed by atoms with Crippen molar-refractivity contribution in [2.75, 3.05) is 13.1 Å². The summed E-state index contributed by atoms with van der Waals surface area (Å²) >= 11 is 0. The fourth-order valence-corrected chi connectivity index (χ4v) is 2.04. The van der Waals surface area contributed by atoms with Gasteiger partial charge in [-0.05, 0) is 37.4 Å². The van der Waals surface area contributed by atoms with E-state index in [9.17, 15) is 4.79 Å². The van der Waals surface area contributed by atoms with Gasteiger partial charge in [0.15, 0.2) is 0 Å². The van der Waals surface area contributed by atoms with E-state index in [2.05, 4.69) is 20.6 Å². The lowest BCUT2D eigenvalue weighted by molar-refractivity contribution is 0.0554. The number of tetrazole rings is 1. The van der Waals surface area contributed by atoms with E-state index in [-0.39, 0.29) is 17.8 Å². The van der Waals surface area contributed by atoms with Crippen molar-refractivity contribution in [2.24, 2.45) is 11.7 Å². The third kappa shape index (κ3) is 2.04. The molecule has 1 saturated heterocycles. The highest BCUT2D eigenvalue weighted by Gasteiger charge is 2.30. The van der Waals surface area contributed by atoms with Crippen LogP contribution >= 0.6 is 0 Å². The number of hydrogen-bond acceptors (Lipinski definition) is 5. The normalized spacial score (nSPS) is 25.8. The van der Waals surface area contributed by atoms with E-state index in [1.165, 1.54) is 0 Å². The minimum Gasteiger partial charge on any atom is -0.333 e. The number of likely N-dealkylation sites (tertiary alicyclic amines) is 1. The Morgan fingerprint density at radius 2 is 2.44 bits per heavy atom. The molecule has 2 unspecified atom stereocenters. The molecule has 0 radical (unpaired) electrons. The Bertz CT molecular complexity index is 351. The molecule has 2 rings (SSSR count). The first-order chi connectivity index (χ1) is 7.72. The van der Waals surface area contributed by atoms with Gasteiger partial charge in [-0.1, -0.05) is 0 Å². The minimum atomic E-state index is -0.167. The second kappa shape index (κ2) is 4.56. The zero-order valence-electron chi connectivity index (χ0n) is 9.26. The van der Waals surface area contributed by atoms with Gasteiger partial charge in [0, 0.05) is 12.6 Å².